The number of aromatic carboxylic acids is 1. The summed E-state index contributed by atoms with van der Waals surface area (Å²) in [5.74, 6) is 1.24. The maximum absolute atomic E-state index is 10.8. The number of carboxylic acid groups (broad SMARTS) is 1. The van der Waals surface area contributed by atoms with Crippen LogP contribution in [0.2, 0.25) is 0 Å². The fraction of sp³-hybridized carbons (Fsp3) is 0.200. The normalized spacial score (nSPS) is 16.5. The van der Waals surface area contributed by atoms with Crippen molar-refractivity contribution < 1.29 is 19.4 Å². The lowest BCUT2D eigenvalue weighted by Gasteiger charge is -2.26. The van der Waals surface area contributed by atoms with E-state index in [0.717, 1.165) is 16.5 Å². The minimum absolute atomic E-state index is 0.0501. The number of carbonyl (C=O) groups is 1. The highest BCUT2D eigenvalue weighted by Crippen LogP contribution is 2.32. The molecule has 0 bridgehead atoms. The molecule has 1 aliphatic heterocycles. The summed E-state index contributed by atoms with van der Waals surface area (Å²) < 4.78 is 11.5. The third-order valence-electron chi connectivity index (χ3n) is 2.97. The van der Waals surface area contributed by atoms with Gasteiger partial charge in [-0.1, -0.05) is 12.1 Å². The van der Waals surface area contributed by atoms with Gasteiger partial charge < -0.3 is 14.6 Å². The Morgan fingerprint density at radius 1 is 1.29 bits per heavy atom. The van der Waals surface area contributed by atoms with E-state index in [2.05, 4.69) is 4.98 Å². The first kappa shape index (κ1) is 13.8. The van der Waals surface area contributed by atoms with E-state index in [9.17, 15) is 4.79 Å². The second-order valence-corrected chi connectivity index (χ2v) is 5.54. The van der Waals surface area contributed by atoms with Crippen LogP contribution in [0.15, 0.2) is 47.6 Å². The Kier molecular flexibility index (Phi) is 3.96. The fourth-order valence-corrected chi connectivity index (χ4v) is 2.73. The van der Waals surface area contributed by atoms with Gasteiger partial charge in [0.2, 0.25) is 0 Å². The van der Waals surface area contributed by atoms with Crippen LogP contribution >= 0.6 is 11.8 Å². The van der Waals surface area contributed by atoms with Crippen molar-refractivity contribution in [3.63, 3.8) is 0 Å². The average molecular weight is 303 g/mol. The first-order valence-electron chi connectivity index (χ1n) is 6.43. The summed E-state index contributed by atoms with van der Waals surface area (Å²) in [6.07, 6.45) is 1.31. The van der Waals surface area contributed by atoms with Gasteiger partial charge >= 0.3 is 5.97 Å². The third-order valence-corrected chi connectivity index (χ3v) is 4.04. The van der Waals surface area contributed by atoms with E-state index in [1.54, 1.807) is 12.1 Å². The topological polar surface area (TPSA) is 68.7 Å². The number of hydrogen-bond donors (Lipinski definition) is 1. The van der Waals surface area contributed by atoms with Crippen LogP contribution in [0.5, 0.6) is 11.5 Å². The minimum atomic E-state index is -0.973. The monoisotopic (exact) mass is 303 g/mol. The largest absolute Gasteiger partial charge is 0.486 e. The fourth-order valence-electron chi connectivity index (χ4n) is 1.92. The minimum Gasteiger partial charge on any atom is -0.486 e. The van der Waals surface area contributed by atoms with Gasteiger partial charge in [0, 0.05) is 11.9 Å². The van der Waals surface area contributed by atoms with Gasteiger partial charge in [0.05, 0.1) is 10.6 Å². The summed E-state index contributed by atoms with van der Waals surface area (Å²) in [6.45, 7) is 0.497. The molecule has 1 N–H and O–H groups in total. The number of benzene rings is 1. The third kappa shape index (κ3) is 3.28. The highest BCUT2D eigenvalue weighted by atomic mass is 32.2. The first-order chi connectivity index (χ1) is 10.2. The van der Waals surface area contributed by atoms with E-state index in [0.29, 0.717) is 12.4 Å². The Bertz CT molecular complexity index is 644. The van der Waals surface area contributed by atoms with E-state index in [-0.39, 0.29) is 11.7 Å². The Labute approximate surface area is 125 Å². The summed E-state index contributed by atoms with van der Waals surface area (Å²) in [5.41, 5.74) is 0.186. The lowest BCUT2D eigenvalue weighted by molar-refractivity contribution is 0.0696. The molecule has 21 heavy (non-hydrogen) atoms. The molecule has 0 radical (unpaired) electrons. The van der Waals surface area contributed by atoms with Crippen molar-refractivity contribution in [1.82, 2.24) is 4.98 Å². The van der Waals surface area contributed by atoms with E-state index in [1.165, 1.54) is 18.0 Å². The molecular weight excluding hydrogens is 290 g/mol. The predicted octanol–water partition coefficient (Wildman–Crippen LogP) is 2.71. The molecule has 108 valence electrons. The van der Waals surface area contributed by atoms with Crippen LogP contribution in [0.1, 0.15) is 10.4 Å². The van der Waals surface area contributed by atoms with Crippen LogP contribution in [0, 0.1) is 0 Å². The molecular formula is C15H13NO4S. The number of aromatic nitrogens is 1. The molecule has 0 amide bonds. The molecule has 1 aromatic heterocycles. The Morgan fingerprint density at radius 2 is 2.10 bits per heavy atom. The highest BCUT2D eigenvalue weighted by Gasteiger charge is 2.20. The standard InChI is InChI=1S/C15H13NO4S/c17-15(18)10-5-6-14(16-7-10)21-9-11-8-19-12-3-1-2-4-13(12)20-11/h1-7,11H,8-9H2,(H,17,18). The highest BCUT2D eigenvalue weighted by molar-refractivity contribution is 7.99. The zero-order chi connectivity index (χ0) is 14.7. The molecule has 1 aromatic carbocycles. The second kappa shape index (κ2) is 6.05. The van der Waals surface area contributed by atoms with Crippen LogP contribution in [-0.4, -0.2) is 34.5 Å². The van der Waals surface area contributed by atoms with Crippen LogP contribution in [0.25, 0.3) is 0 Å². The zero-order valence-corrected chi connectivity index (χ0v) is 11.9. The smallest absolute Gasteiger partial charge is 0.337 e. The van der Waals surface area contributed by atoms with Gasteiger partial charge in [0.1, 0.15) is 12.7 Å². The van der Waals surface area contributed by atoms with Crippen LogP contribution in [-0.2, 0) is 0 Å². The molecule has 5 nitrogen and oxygen atoms in total. The molecule has 1 atom stereocenters. The van der Waals surface area contributed by atoms with Gasteiger partial charge in [-0.25, -0.2) is 9.78 Å². The summed E-state index contributed by atoms with van der Waals surface area (Å²) in [7, 11) is 0. The van der Waals surface area contributed by atoms with Gasteiger partial charge in [-0.05, 0) is 24.3 Å². The van der Waals surface area contributed by atoms with Crippen molar-refractivity contribution in [3.05, 3.63) is 48.2 Å². The maximum atomic E-state index is 10.8. The molecule has 1 aliphatic rings. The number of fused-ring (bicyclic) bond motifs is 1. The van der Waals surface area contributed by atoms with Crippen LogP contribution in [0.4, 0.5) is 0 Å². The Hall–Kier alpha value is -2.21. The molecule has 3 rings (SSSR count). The predicted molar refractivity (Wildman–Crippen MR) is 78.3 cm³/mol. The molecule has 0 saturated heterocycles. The molecule has 0 saturated carbocycles. The van der Waals surface area contributed by atoms with Crippen molar-refractivity contribution in [2.24, 2.45) is 0 Å². The van der Waals surface area contributed by atoms with Crippen molar-refractivity contribution in [3.8, 4) is 11.5 Å². The number of pyridine rings is 1. The first-order valence-corrected chi connectivity index (χ1v) is 7.41. The lowest BCUT2D eigenvalue weighted by atomic mass is 10.3. The molecule has 2 aromatic rings. The van der Waals surface area contributed by atoms with Gasteiger partial charge in [-0.2, -0.15) is 0 Å². The molecule has 2 heterocycles. The summed E-state index contributed by atoms with van der Waals surface area (Å²) in [5, 5.41) is 9.59. The van der Waals surface area contributed by atoms with Gasteiger partial charge in [-0.15, -0.1) is 11.8 Å². The van der Waals surface area contributed by atoms with Gasteiger partial charge in [0.25, 0.3) is 0 Å². The number of para-hydroxylation sites is 2. The summed E-state index contributed by atoms with van der Waals surface area (Å²) >= 11 is 1.51. The maximum Gasteiger partial charge on any atom is 0.337 e. The van der Waals surface area contributed by atoms with Crippen molar-refractivity contribution in [2.45, 2.75) is 11.1 Å². The lowest BCUT2D eigenvalue weighted by Crippen LogP contribution is -2.31. The van der Waals surface area contributed by atoms with Crippen molar-refractivity contribution in [2.75, 3.05) is 12.4 Å². The van der Waals surface area contributed by atoms with Crippen molar-refractivity contribution >= 4 is 17.7 Å². The van der Waals surface area contributed by atoms with E-state index >= 15 is 0 Å². The van der Waals surface area contributed by atoms with Crippen LogP contribution < -0.4 is 9.47 Å². The van der Waals surface area contributed by atoms with E-state index < -0.39 is 5.97 Å². The molecule has 1 unspecified atom stereocenters. The van der Waals surface area contributed by atoms with Crippen molar-refractivity contribution in [1.29, 1.82) is 0 Å². The number of hydrogen-bond acceptors (Lipinski definition) is 5. The Morgan fingerprint density at radius 3 is 2.81 bits per heavy atom. The van der Waals surface area contributed by atoms with E-state index in [4.69, 9.17) is 14.6 Å². The number of thioether (sulfide) groups is 1. The summed E-state index contributed by atoms with van der Waals surface area (Å²) in [6, 6.07) is 10.8. The van der Waals surface area contributed by atoms with Crippen LogP contribution in [0.3, 0.4) is 0 Å². The summed E-state index contributed by atoms with van der Waals surface area (Å²) in [4.78, 5) is 14.9. The SMILES string of the molecule is O=C(O)c1ccc(SCC2COc3ccccc3O2)nc1. The zero-order valence-electron chi connectivity index (χ0n) is 11.1. The molecule has 6 heteroatoms. The molecule has 0 aliphatic carbocycles. The average Bonchev–Trinajstić information content (AvgIpc) is 2.53. The second-order valence-electron chi connectivity index (χ2n) is 4.50. The number of ether oxygens (including phenoxy) is 2. The molecule has 0 spiro atoms. The molecule has 0 fully saturated rings. The number of carboxylic acids is 1. The van der Waals surface area contributed by atoms with E-state index in [1.807, 2.05) is 24.3 Å². The van der Waals surface area contributed by atoms with Gasteiger partial charge in [0.15, 0.2) is 11.5 Å². The number of nitrogens with zero attached hydrogens (tertiary/aromatic N) is 1. The number of rotatable bonds is 4. The Balaban J connectivity index is 1.57. The van der Waals surface area contributed by atoms with Gasteiger partial charge in [-0.3, -0.25) is 0 Å². The quantitative estimate of drug-likeness (QED) is 0.876.